The van der Waals surface area contributed by atoms with E-state index in [1.165, 1.54) is 4.31 Å². The molecular formula is C24H31NO6S. The van der Waals surface area contributed by atoms with E-state index in [0.29, 0.717) is 17.9 Å². The summed E-state index contributed by atoms with van der Waals surface area (Å²) in [7, 11) is -0.840. The topological polar surface area (TPSA) is 93.1 Å². The molecule has 1 N–H and O–H groups in total. The predicted octanol–water partition coefficient (Wildman–Crippen LogP) is 4.09. The van der Waals surface area contributed by atoms with Crippen molar-refractivity contribution in [3.63, 3.8) is 0 Å². The van der Waals surface area contributed by atoms with Crippen LogP contribution in [0.15, 0.2) is 61.2 Å². The molecule has 0 radical (unpaired) electrons. The summed E-state index contributed by atoms with van der Waals surface area (Å²) < 4.78 is 39.1. The molecule has 0 spiro atoms. The third-order valence-corrected chi connectivity index (χ3v) is 7.70. The average molecular weight is 462 g/mol. The molecule has 0 fully saturated rings. The van der Waals surface area contributed by atoms with Gasteiger partial charge in [0.25, 0.3) is 0 Å². The largest absolute Gasteiger partial charge is 0.497 e. The molecule has 0 aliphatic heterocycles. The summed E-state index contributed by atoms with van der Waals surface area (Å²) in [5, 5.41) is 8.33. The molecule has 0 saturated heterocycles. The Kier molecular flexibility index (Phi) is 9.28. The molecule has 0 aliphatic carbocycles. The van der Waals surface area contributed by atoms with Crippen molar-refractivity contribution in [2.45, 2.75) is 38.1 Å². The molecule has 2 rings (SSSR count). The monoisotopic (exact) mass is 461 g/mol. The number of hydrogen-bond donors (Lipinski definition) is 1. The number of carboxylic acid groups (broad SMARTS) is 1. The number of benzene rings is 2. The van der Waals surface area contributed by atoms with Crippen LogP contribution in [-0.4, -0.2) is 43.3 Å². The molecule has 0 unspecified atom stereocenters. The van der Waals surface area contributed by atoms with E-state index in [9.17, 15) is 18.3 Å². The maximum absolute atomic E-state index is 13.7. The van der Waals surface area contributed by atoms with Crippen molar-refractivity contribution in [3.05, 3.63) is 72.3 Å². The van der Waals surface area contributed by atoms with Crippen LogP contribution >= 0.6 is 0 Å². The molecule has 0 aliphatic rings. The van der Waals surface area contributed by atoms with E-state index in [2.05, 4.69) is 6.58 Å². The van der Waals surface area contributed by atoms with Crippen LogP contribution in [0, 0.1) is 5.92 Å². The van der Waals surface area contributed by atoms with Crippen LogP contribution in [0.2, 0.25) is 0 Å². The molecule has 0 aromatic heterocycles. The van der Waals surface area contributed by atoms with Crippen LogP contribution in [0.5, 0.6) is 11.5 Å². The van der Waals surface area contributed by atoms with Gasteiger partial charge >= 0.3 is 5.97 Å². The smallest absolute Gasteiger partial charge is 0.304 e. The maximum Gasteiger partial charge on any atom is 0.304 e. The lowest BCUT2D eigenvalue weighted by molar-refractivity contribution is -0.137. The molecular weight excluding hydrogens is 430 g/mol. The standard InChI is InChI=1S/C24H31NO6S/c1-5-6-18(2)23(15-24(26)27)32(28,29)25(16-19-7-11-21(30-3)12-8-19)17-20-9-13-22(31-4)14-10-20/h5,7-14,18,23H,1,6,15-17H2,2-4H3,(H,26,27)/t18-,23+/m0/s1. The molecule has 0 amide bonds. The normalized spacial score (nSPS) is 13.4. The van der Waals surface area contributed by atoms with Gasteiger partial charge in [-0.3, -0.25) is 4.79 Å². The average Bonchev–Trinajstić information content (AvgIpc) is 2.78. The Hall–Kier alpha value is -2.84. The lowest BCUT2D eigenvalue weighted by atomic mass is 10.0. The molecule has 0 bridgehead atoms. The Morgan fingerprint density at radius 1 is 1.00 bits per heavy atom. The molecule has 2 aromatic carbocycles. The summed E-state index contributed by atoms with van der Waals surface area (Å²) >= 11 is 0. The SMILES string of the molecule is C=CC[C@H](C)[C@@H](CC(=O)O)S(=O)(=O)N(Cc1ccc(OC)cc1)Cc1ccc(OC)cc1. The first-order chi connectivity index (χ1) is 15.2. The van der Waals surface area contributed by atoms with Crippen LogP contribution in [-0.2, 0) is 27.9 Å². The Balaban J connectivity index is 2.43. The fourth-order valence-electron chi connectivity index (χ4n) is 3.48. The fraction of sp³-hybridized carbons (Fsp3) is 0.375. The highest BCUT2D eigenvalue weighted by Gasteiger charge is 2.37. The Bertz CT molecular complexity index is 937. The van der Waals surface area contributed by atoms with Crippen molar-refractivity contribution in [1.82, 2.24) is 4.31 Å². The first-order valence-corrected chi connectivity index (χ1v) is 11.8. The number of ether oxygens (including phenoxy) is 2. The summed E-state index contributed by atoms with van der Waals surface area (Å²) in [6.07, 6.45) is 1.54. The molecule has 32 heavy (non-hydrogen) atoms. The number of methoxy groups -OCH3 is 2. The predicted molar refractivity (Wildman–Crippen MR) is 124 cm³/mol. The molecule has 7 nitrogen and oxygen atoms in total. The summed E-state index contributed by atoms with van der Waals surface area (Å²) in [5.74, 6) is -0.213. The molecule has 2 aromatic rings. The quantitative estimate of drug-likeness (QED) is 0.452. The Morgan fingerprint density at radius 2 is 1.44 bits per heavy atom. The summed E-state index contributed by atoms with van der Waals surface area (Å²) in [4.78, 5) is 11.5. The van der Waals surface area contributed by atoms with E-state index in [1.807, 2.05) is 0 Å². The van der Waals surface area contributed by atoms with Crippen LogP contribution in [0.4, 0.5) is 0 Å². The number of carbonyl (C=O) groups is 1. The summed E-state index contributed by atoms with van der Waals surface area (Å²) in [6.45, 7) is 5.63. The fourth-order valence-corrected chi connectivity index (χ4v) is 5.58. The molecule has 0 heterocycles. The van der Waals surface area contributed by atoms with Gasteiger partial charge in [0, 0.05) is 13.1 Å². The van der Waals surface area contributed by atoms with Gasteiger partial charge in [-0.1, -0.05) is 37.3 Å². The third-order valence-electron chi connectivity index (χ3n) is 5.33. The number of hydrogen-bond acceptors (Lipinski definition) is 5. The van der Waals surface area contributed by atoms with Crippen molar-refractivity contribution in [2.75, 3.05) is 14.2 Å². The highest BCUT2D eigenvalue weighted by Crippen LogP contribution is 2.27. The van der Waals surface area contributed by atoms with Crippen LogP contribution in [0.3, 0.4) is 0 Å². The van der Waals surface area contributed by atoms with Gasteiger partial charge in [0.1, 0.15) is 11.5 Å². The second-order valence-electron chi connectivity index (χ2n) is 7.65. The summed E-state index contributed by atoms with van der Waals surface area (Å²) in [6, 6.07) is 14.3. The zero-order valence-corrected chi connectivity index (χ0v) is 19.5. The molecule has 0 saturated carbocycles. The van der Waals surface area contributed by atoms with E-state index >= 15 is 0 Å². The van der Waals surface area contributed by atoms with Gasteiger partial charge < -0.3 is 14.6 Å². The van der Waals surface area contributed by atoms with E-state index in [1.54, 1.807) is 75.8 Å². The second-order valence-corrected chi connectivity index (χ2v) is 9.80. The van der Waals surface area contributed by atoms with Gasteiger partial charge in [0.05, 0.1) is 25.9 Å². The Labute approximate surface area is 190 Å². The van der Waals surface area contributed by atoms with E-state index in [-0.39, 0.29) is 13.1 Å². The first-order valence-electron chi connectivity index (χ1n) is 10.3. The lowest BCUT2D eigenvalue weighted by Crippen LogP contribution is -2.42. The number of allylic oxidation sites excluding steroid dienone is 1. The van der Waals surface area contributed by atoms with Gasteiger partial charge in [-0.05, 0) is 47.7 Å². The van der Waals surface area contributed by atoms with Gasteiger partial charge in [-0.15, -0.1) is 6.58 Å². The number of nitrogens with zero attached hydrogens (tertiary/aromatic N) is 1. The van der Waals surface area contributed by atoms with Crippen molar-refractivity contribution < 1.29 is 27.8 Å². The Morgan fingerprint density at radius 3 is 1.78 bits per heavy atom. The van der Waals surface area contributed by atoms with Crippen LogP contribution in [0.1, 0.15) is 30.9 Å². The van der Waals surface area contributed by atoms with E-state index in [4.69, 9.17) is 9.47 Å². The minimum atomic E-state index is -3.97. The van der Waals surface area contributed by atoms with Crippen LogP contribution in [0.25, 0.3) is 0 Å². The van der Waals surface area contributed by atoms with Crippen LogP contribution < -0.4 is 9.47 Å². The number of carboxylic acids is 1. The van der Waals surface area contributed by atoms with E-state index in [0.717, 1.165) is 11.1 Å². The minimum absolute atomic E-state index is 0.106. The number of aliphatic carboxylic acids is 1. The van der Waals surface area contributed by atoms with Crippen molar-refractivity contribution >= 4 is 16.0 Å². The molecule has 2 atom stereocenters. The van der Waals surface area contributed by atoms with Crippen molar-refractivity contribution in [2.24, 2.45) is 5.92 Å². The summed E-state index contributed by atoms with van der Waals surface area (Å²) in [5.41, 5.74) is 1.54. The minimum Gasteiger partial charge on any atom is -0.497 e. The lowest BCUT2D eigenvalue weighted by Gasteiger charge is -2.30. The van der Waals surface area contributed by atoms with Gasteiger partial charge in [-0.25, -0.2) is 8.42 Å². The highest BCUT2D eigenvalue weighted by molar-refractivity contribution is 7.89. The highest BCUT2D eigenvalue weighted by atomic mass is 32.2. The zero-order valence-electron chi connectivity index (χ0n) is 18.7. The van der Waals surface area contributed by atoms with Gasteiger partial charge in [-0.2, -0.15) is 4.31 Å². The first kappa shape index (κ1) is 25.4. The van der Waals surface area contributed by atoms with Crippen molar-refractivity contribution in [1.29, 1.82) is 0 Å². The van der Waals surface area contributed by atoms with Gasteiger partial charge in [0.15, 0.2) is 0 Å². The number of rotatable bonds is 13. The second kappa shape index (κ2) is 11.7. The molecule has 8 heteroatoms. The van der Waals surface area contributed by atoms with Crippen molar-refractivity contribution in [3.8, 4) is 11.5 Å². The molecule has 174 valence electrons. The third kappa shape index (κ3) is 6.83. The zero-order chi connectivity index (χ0) is 23.7. The van der Waals surface area contributed by atoms with E-state index < -0.39 is 33.6 Å². The number of sulfonamides is 1. The maximum atomic E-state index is 13.7. The van der Waals surface area contributed by atoms with Gasteiger partial charge in [0.2, 0.25) is 10.0 Å².